The van der Waals surface area contributed by atoms with E-state index in [4.69, 9.17) is 13.7 Å². The Labute approximate surface area is 95.0 Å². The molecule has 16 heavy (non-hydrogen) atoms. The maximum atomic E-state index is 12.4. The van der Waals surface area contributed by atoms with Gasteiger partial charge in [-0.1, -0.05) is 0 Å². The summed E-state index contributed by atoms with van der Waals surface area (Å²) in [5.74, 6) is 0.445. The molecule has 0 aromatic heterocycles. The van der Waals surface area contributed by atoms with Crippen LogP contribution in [0, 0.1) is 11.8 Å². The van der Waals surface area contributed by atoms with Crippen LogP contribution in [0.15, 0.2) is 0 Å². The van der Waals surface area contributed by atoms with Gasteiger partial charge in [-0.25, -0.2) is 7.98 Å². The van der Waals surface area contributed by atoms with Crippen molar-refractivity contribution in [3.63, 3.8) is 0 Å². The second-order valence-electron chi connectivity index (χ2n) is 5.33. The highest BCUT2D eigenvalue weighted by Crippen LogP contribution is 2.39. The van der Waals surface area contributed by atoms with Crippen molar-refractivity contribution < 1.29 is 17.6 Å². The van der Waals surface area contributed by atoms with Gasteiger partial charge in [-0.15, -0.1) is 0 Å². The van der Waals surface area contributed by atoms with E-state index in [1.54, 1.807) is 0 Å². The summed E-state index contributed by atoms with van der Waals surface area (Å²) in [4.78, 5) is 0. The molecule has 2 atom stereocenters. The van der Waals surface area contributed by atoms with Crippen molar-refractivity contribution in [2.24, 2.45) is 17.6 Å². The Balaban J connectivity index is 1.96. The quantitative estimate of drug-likeness (QED) is 0.712. The lowest BCUT2D eigenvalue weighted by Crippen LogP contribution is -2.61. The maximum absolute atomic E-state index is 12.4. The minimum absolute atomic E-state index is 0.0331. The first kappa shape index (κ1) is 12.2. The number of nitrogens with zero attached hydrogens (tertiary/aromatic N) is 1. The van der Waals surface area contributed by atoms with Gasteiger partial charge in [0.1, 0.15) is 6.04 Å². The van der Waals surface area contributed by atoms with E-state index in [1.165, 1.54) is 0 Å². The van der Waals surface area contributed by atoms with Crippen molar-refractivity contribution in [1.82, 2.24) is 0 Å². The van der Waals surface area contributed by atoms with Crippen LogP contribution in [-0.2, 0) is 0 Å². The van der Waals surface area contributed by atoms with E-state index >= 15 is 0 Å². The molecule has 0 unspecified atom stereocenters. The molecule has 91 valence electrons. The summed E-state index contributed by atoms with van der Waals surface area (Å²) in [7, 11) is 6.09. The first-order valence-corrected chi connectivity index (χ1v) is 5.77. The number of halogens is 3. The van der Waals surface area contributed by atoms with E-state index in [0.717, 1.165) is 25.9 Å². The lowest BCUT2D eigenvalue weighted by molar-refractivity contribution is -0.841. The van der Waals surface area contributed by atoms with Crippen LogP contribution in [0.25, 0.3) is 0 Å². The average molecular weight is 233 g/mol. The molecule has 2 bridgehead atoms. The third kappa shape index (κ3) is 2.37. The van der Waals surface area contributed by atoms with E-state index < -0.39 is 12.2 Å². The standard InChI is InChI=1S/C10H17BF3N2/c11-16-3-1-7(2-4-16)8(6-16)5-9(15)10(12,13)14/h7-9H,1-6,15H2/t7?,8-,9+,16?/m1/s1. The molecule has 3 saturated heterocycles. The van der Waals surface area contributed by atoms with Gasteiger partial charge in [0.2, 0.25) is 0 Å². The molecule has 2 nitrogen and oxygen atoms in total. The molecular weight excluding hydrogens is 216 g/mol. The Kier molecular flexibility index (Phi) is 2.99. The van der Waals surface area contributed by atoms with Crippen molar-refractivity contribution in [1.29, 1.82) is 0 Å². The zero-order chi connectivity index (χ0) is 12.0. The first-order valence-electron chi connectivity index (χ1n) is 5.77. The summed E-state index contributed by atoms with van der Waals surface area (Å²) in [5, 5.41) is 0. The Morgan fingerprint density at radius 3 is 2.31 bits per heavy atom. The Hall–Kier alpha value is -0.225. The third-order valence-electron chi connectivity index (χ3n) is 4.13. The van der Waals surface area contributed by atoms with Crippen LogP contribution in [0.5, 0.6) is 0 Å². The molecule has 3 aliphatic rings. The molecule has 0 spiro atoms. The summed E-state index contributed by atoms with van der Waals surface area (Å²) in [5.41, 5.74) is 5.18. The summed E-state index contributed by atoms with van der Waals surface area (Å²) in [6, 6.07) is -1.69. The normalized spacial score (nSPS) is 41.1. The number of fused-ring (bicyclic) bond motifs is 3. The summed E-state index contributed by atoms with van der Waals surface area (Å²) in [6.07, 6.45) is -2.34. The van der Waals surface area contributed by atoms with Crippen LogP contribution in [-0.4, -0.2) is 44.2 Å². The molecule has 3 heterocycles. The van der Waals surface area contributed by atoms with Gasteiger partial charge in [0.25, 0.3) is 0 Å². The van der Waals surface area contributed by atoms with Crippen molar-refractivity contribution in [3.8, 4) is 0 Å². The third-order valence-corrected chi connectivity index (χ3v) is 4.13. The molecule has 0 aromatic carbocycles. The highest BCUT2D eigenvalue weighted by Gasteiger charge is 2.43. The zero-order valence-electron chi connectivity index (χ0n) is 9.21. The molecular formula is C10H17BF3N2. The molecule has 0 aliphatic carbocycles. The lowest BCUT2D eigenvalue weighted by Gasteiger charge is -2.62. The van der Waals surface area contributed by atoms with Gasteiger partial charge in [0.05, 0.1) is 0 Å². The zero-order valence-corrected chi connectivity index (χ0v) is 9.21. The topological polar surface area (TPSA) is 26.0 Å². The highest BCUT2D eigenvalue weighted by atomic mass is 19.4. The van der Waals surface area contributed by atoms with Gasteiger partial charge >= 0.3 is 6.18 Å². The first-order chi connectivity index (χ1) is 7.30. The number of piperidine rings is 3. The van der Waals surface area contributed by atoms with Crippen molar-refractivity contribution >= 4 is 7.98 Å². The fourth-order valence-corrected chi connectivity index (χ4v) is 3.10. The molecule has 6 heteroatoms. The molecule has 2 N–H and O–H groups in total. The number of rotatable bonds is 2. The van der Waals surface area contributed by atoms with Gasteiger partial charge in [-0.2, -0.15) is 13.2 Å². The minimum atomic E-state index is -4.27. The number of hydrogen-bond donors (Lipinski definition) is 1. The fraction of sp³-hybridized carbons (Fsp3) is 1.00. The molecule has 3 rings (SSSR count). The molecule has 0 aromatic rings. The van der Waals surface area contributed by atoms with Crippen LogP contribution in [0.1, 0.15) is 19.3 Å². The largest absolute Gasteiger partial charge is 0.588 e. The van der Waals surface area contributed by atoms with Gasteiger partial charge in [0, 0.05) is 25.6 Å². The number of alkyl halides is 3. The van der Waals surface area contributed by atoms with Crippen molar-refractivity contribution in [3.05, 3.63) is 0 Å². The molecule has 3 radical (unpaired) electrons. The van der Waals surface area contributed by atoms with E-state index in [-0.39, 0.29) is 12.3 Å². The second kappa shape index (κ2) is 3.91. The van der Waals surface area contributed by atoms with Crippen LogP contribution in [0.2, 0.25) is 0 Å². The van der Waals surface area contributed by atoms with Crippen LogP contribution in [0.3, 0.4) is 0 Å². The van der Waals surface area contributed by atoms with Gasteiger partial charge in [-0.3, -0.25) is 0 Å². The minimum Gasteiger partial charge on any atom is -0.588 e. The highest BCUT2D eigenvalue weighted by molar-refractivity contribution is 5.97. The van der Waals surface area contributed by atoms with Gasteiger partial charge in [0.15, 0.2) is 0 Å². The van der Waals surface area contributed by atoms with E-state index in [0.29, 0.717) is 16.9 Å². The van der Waals surface area contributed by atoms with Gasteiger partial charge in [-0.05, 0) is 25.2 Å². The number of hydrogen-bond acceptors (Lipinski definition) is 1. The lowest BCUT2D eigenvalue weighted by atomic mass is 9.72. The predicted octanol–water partition coefficient (Wildman–Crippen LogP) is 1.21. The molecule has 3 fully saturated rings. The van der Waals surface area contributed by atoms with Crippen LogP contribution < -0.4 is 5.73 Å². The summed E-state index contributed by atoms with van der Waals surface area (Å²) < 4.78 is 37.6. The van der Waals surface area contributed by atoms with E-state index in [1.807, 2.05) is 0 Å². The Morgan fingerprint density at radius 2 is 1.88 bits per heavy atom. The van der Waals surface area contributed by atoms with E-state index in [2.05, 4.69) is 0 Å². The number of quaternary nitrogens is 1. The molecule has 0 saturated carbocycles. The summed E-state index contributed by atoms with van der Waals surface area (Å²) >= 11 is 0. The Morgan fingerprint density at radius 1 is 1.31 bits per heavy atom. The van der Waals surface area contributed by atoms with Gasteiger partial charge < -0.3 is 10.1 Å². The predicted molar refractivity (Wildman–Crippen MR) is 55.5 cm³/mol. The second-order valence-corrected chi connectivity index (χ2v) is 5.33. The van der Waals surface area contributed by atoms with Crippen molar-refractivity contribution in [2.75, 3.05) is 19.6 Å². The van der Waals surface area contributed by atoms with E-state index in [9.17, 15) is 13.2 Å². The van der Waals surface area contributed by atoms with Crippen LogP contribution in [0.4, 0.5) is 13.2 Å². The molecule has 0 amide bonds. The van der Waals surface area contributed by atoms with Crippen molar-refractivity contribution in [2.45, 2.75) is 31.5 Å². The van der Waals surface area contributed by atoms with Crippen LogP contribution >= 0.6 is 0 Å². The number of nitrogens with two attached hydrogens (primary N) is 1. The monoisotopic (exact) mass is 233 g/mol. The average Bonchev–Trinajstić information content (AvgIpc) is 2.16. The smallest absolute Gasteiger partial charge is 0.403 e. The SMILES string of the molecule is [B-][N+]12CCC(CC1)[C@H](C[C@H](N)C(F)(F)F)C2. The summed E-state index contributed by atoms with van der Waals surface area (Å²) in [6.45, 7) is 2.47. The fourth-order valence-electron chi connectivity index (χ4n) is 3.10. The maximum Gasteiger partial charge on any atom is 0.403 e. The molecule has 3 aliphatic heterocycles. The Bertz CT molecular complexity index is 261.